The largest absolute Gasteiger partial charge is 0.472 e. The molecule has 0 aliphatic rings. The summed E-state index contributed by atoms with van der Waals surface area (Å²) in [6.07, 6.45) is 59.6. The van der Waals surface area contributed by atoms with E-state index in [1.165, 1.54) is 231 Å². The highest BCUT2D eigenvalue weighted by Gasteiger charge is 2.30. The summed E-state index contributed by atoms with van der Waals surface area (Å²) in [5, 5.41) is 10.6. The lowest BCUT2D eigenvalue weighted by molar-refractivity contribution is -0.161. The Morgan fingerprint density at radius 2 is 0.460 bits per heavy atom. The average Bonchev–Trinajstić information content (AvgIpc) is 0.998. The Kier molecular flexibility index (Phi) is 69.9. The third kappa shape index (κ3) is 74.3. The van der Waals surface area contributed by atoms with Crippen LogP contribution in [-0.4, -0.2) is 96.7 Å². The van der Waals surface area contributed by atoms with Crippen molar-refractivity contribution < 1.29 is 80.2 Å². The molecular formula is C81H158O17P2. The highest BCUT2D eigenvalue weighted by Crippen LogP contribution is 2.45. The summed E-state index contributed by atoms with van der Waals surface area (Å²) in [4.78, 5) is 73.0. The molecule has 0 bridgehead atoms. The monoisotopic (exact) mass is 1470 g/mol. The van der Waals surface area contributed by atoms with Gasteiger partial charge in [0.05, 0.1) is 26.4 Å². The molecule has 0 aromatic heterocycles. The summed E-state index contributed by atoms with van der Waals surface area (Å²) in [5.41, 5.74) is 0. The van der Waals surface area contributed by atoms with Crippen LogP contribution in [0.5, 0.6) is 0 Å². The maximum absolute atomic E-state index is 13.1. The van der Waals surface area contributed by atoms with Crippen LogP contribution in [0.1, 0.15) is 421 Å². The van der Waals surface area contributed by atoms with E-state index in [4.69, 9.17) is 37.0 Å². The zero-order valence-corrected chi connectivity index (χ0v) is 67.5. The van der Waals surface area contributed by atoms with Crippen molar-refractivity contribution in [2.24, 2.45) is 17.8 Å². The molecule has 0 aromatic carbocycles. The fourth-order valence-corrected chi connectivity index (χ4v) is 14.1. The van der Waals surface area contributed by atoms with Crippen LogP contribution in [0, 0.1) is 17.8 Å². The van der Waals surface area contributed by atoms with E-state index in [1.807, 2.05) is 0 Å². The van der Waals surface area contributed by atoms with E-state index in [0.717, 1.165) is 108 Å². The zero-order valence-electron chi connectivity index (χ0n) is 65.7. The Morgan fingerprint density at radius 1 is 0.270 bits per heavy atom. The van der Waals surface area contributed by atoms with Gasteiger partial charge in [0.2, 0.25) is 0 Å². The molecule has 5 atom stereocenters. The predicted octanol–water partition coefficient (Wildman–Crippen LogP) is 24.1. The summed E-state index contributed by atoms with van der Waals surface area (Å²) < 4.78 is 68.7. The Morgan fingerprint density at radius 3 is 0.680 bits per heavy atom. The minimum Gasteiger partial charge on any atom is -0.462 e. The van der Waals surface area contributed by atoms with E-state index in [1.54, 1.807) is 0 Å². The summed E-state index contributed by atoms with van der Waals surface area (Å²) >= 11 is 0. The highest BCUT2D eigenvalue weighted by atomic mass is 31.2. The molecule has 0 spiro atoms. The van der Waals surface area contributed by atoms with Crippen LogP contribution in [0.25, 0.3) is 0 Å². The van der Waals surface area contributed by atoms with Gasteiger partial charge in [-0.05, 0) is 43.4 Å². The molecule has 2 unspecified atom stereocenters. The van der Waals surface area contributed by atoms with Gasteiger partial charge in [-0.25, -0.2) is 9.13 Å². The maximum Gasteiger partial charge on any atom is 0.472 e. The van der Waals surface area contributed by atoms with Crippen molar-refractivity contribution in [2.75, 3.05) is 39.6 Å². The summed E-state index contributed by atoms with van der Waals surface area (Å²) in [7, 11) is -9.92. The summed E-state index contributed by atoms with van der Waals surface area (Å²) in [5.74, 6) is 0.244. The Bertz CT molecular complexity index is 1940. The van der Waals surface area contributed by atoms with Crippen molar-refractivity contribution in [3.05, 3.63) is 0 Å². The molecule has 0 saturated carbocycles. The molecule has 0 aliphatic carbocycles. The number of unbranched alkanes of at least 4 members (excludes halogenated alkanes) is 47. The number of ether oxygens (including phenoxy) is 4. The number of carbonyl (C=O) groups is 4. The molecule has 0 heterocycles. The molecule has 0 fully saturated rings. The number of carbonyl (C=O) groups excluding carboxylic acids is 4. The fraction of sp³-hybridized carbons (Fsp3) is 0.951. The highest BCUT2D eigenvalue weighted by molar-refractivity contribution is 7.47. The molecule has 0 rings (SSSR count). The fourth-order valence-electron chi connectivity index (χ4n) is 12.5. The minimum atomic E-state index is -4.96. The van der Waals surface area contributed by atoms with Crippen LogP contribution in [0.4, 0.5) is 0 Å². The number of phosphoric ester groups is 2. The van der Waals surface area contributed by atoms with Gasteiger partial charge in [0, 0.05) is 25.7 Å². The first-order valence-corrected chi connectivity index (χ1v) is 44.8. The van der Waals surface area contributed by atoms with E-state index in [-0.39, 0.29) is 25.7 Å². The quantitative estimate of drug-likeness (QED) is 0.0222. The zero-order chi connectivity index (χ0) is 73.7. The molecule has 0 saturated heterocycles. The van der Waals surface area contributed by atoms with E-state index in [0.29, 0.717) is 25.7 Å². The molecule has 100 heavy (non-hydrogen) atoms. The van der Waals surface area contributed by atoms with Gasteiger partial charge in [0.25, 0.3) is 0 Å². The average molecular weight is 1470 g/mol. The van der Waals surface area contributed by atoms with Gasteiger partial charge in [-0.15, -0.1) is 0 Å². The van der Waals surface area contributed by atoms with E-state index in [9.17, 15) is 43.2 Å². The Hall–Kier alpha value is -1.94. The van der Waals surface area contributed by atoms with Gasteiger partial charge < -0.3 is 33.8 Å². The SMILES string of the molecule is CCCCCCCCCCCCCC(=O)OC[C@H](COP(=O)(O)OC[C@H](O)COP(=O)(O)OC[C@@H](COC(=O)CCCCCCCCCCCCCCC(C)C)OC(=O)CCCCCCCCCCCCCCCCCCCCC(C)C)OC(=O)CCCCCCCCCCCCC(C)C. The predicted molar refractivity (Wildman–Crippen MR) is 409 cm³/mol. The molecule has 3 N–H and O–H groups in total. The second kappa shape index (κ2) is 71.3. The number of phosphoric acid groups is 2. The molecule has 0 aromatic rings. The van der Waals surface area contributed by atoms with Crippen LogP contribution in [0.2, 0.25) is 0 Å². The van der Waals surface area contributed by atoms with Gasteiger partial charge in [0.15, 0.2) is 12.2 Å². The normalized spacial score (nSPS) is 14.0. The van der Waals surface area contributed by atoms with Crippen LogP contribution < -0.4 is 0 Å². The van der Waals surface area contributed by atoms with Crippen molar-refractivity contribution in [1.29, 1.82) is 0 Å². The number of hydrogen-bond acceptors (Lipinski definition) is 15. The molecular weight excluding hydrogens is 1310 g/mol. The topological polar surface area (TPSA) is 237 Å². The first kappa shape index (κ1) is 98.1. The third-order valence-electron chi connectivity index (χ3n) is 18.9. The standard InChI is InChI=1S/C81H158O17P2/c1-8-9-10-11-12-13-24-34-41-48-55-62-78(83)91-68-77(98-81(86)65-58-51-44-37-30-29-33-40-47-54-61-74(6)7)71-96-100(89,90)94-67-75(82)66-93-99(87,88)95-70-76(69-92-79(84)63-56-49-42-35-27-23-22-26-32-39-46-53-60-73(4)5)97-80(85)64-57-50-43-36-28-21-19-17-15-14-16-18-20-25-31-38-45-52-59-72(2)3/h72-77,82H,8-71H2,1-7H3,(H,87,88)(H,89,90)/t75-,76-,77-/m1/s1. The lowest BCUT2D eigenvalue weighted by atomic mass is 10.0. The van der Waals surface area contributed by atoms with Crippen LogP contribution in [-0.2, 0) is 65.4 Å². The molecule has 0 amide bonds. The smallest absolute Gasteiger partial charge is 0.462 e. The molecule has 19 heteroatoms. The lowest BCUT2D eigenvalue weighted by Gasteiger charge is -2.21. The molecule has 17 nitrogen and oxygen atoms in total. The first-order valence-electron chi connectivity index (χ1n) is 41.8. The van der Waals surface area contributed by atoms with Crippen molar-refractivity contribution in [3.63, 3.8) is 0 Å². The number of esters is 4. The molecule has 0 radical (unpaired) electrons. The second-order valence-electron chi connectivity index (χ2n) is 30.6. The second-order valence-corrected chi connectivity index (χ2v) is 33.5. The van der Waals surface area contributed by atoms with E-state index in [2.05, 4.69) is 48.5 Å². The third-order valence-corrected chi connectivity index (χ3v) is 20.8. The number of aliphatic hydroxyl groups excluding tert-OH is 1. The maximum atomic E-state index is 13.1. The van der Waals surface area contributed by atoms with Crippen molar-refractivity contribution in [1.82, 2.24) is 0 Å². The van der Waals surface area contributed by atoms with Crippen molar-refractivity contribution >= 4 is 39.5 Å². The Balaban J connectivity index is 5.23. The first-order chi connectivity index (χ1) is 48.2. The van der Waals surface area contributed by atoms with Crippen LogP contribution in [0.3, 0.4) is 0 Å². The van der Waals surface area contributed by atoms with E-state index < -0.39 is 97.5 Å². The lowest BCUT2D eigenvalue weighted by Crippen LogP contribution is -2.30. The van der Waals surface area contributed by atoms with E-state index >= 15 is 0 Å². The summed E-state index contributed by atoms with van der Waals surface area (Å²) in [6.45, 7) is 12.0. The van der Waals surface area contributed by atoms with Gasteiger partial charge >= 0.3 is 39.5 Å². The van der Waals surface area contributed by atoms with Crippen LogP contribution in [0.15, 0.2) is 0 Å². The number of aliphatic hydroxyl groups is 1. The minimum absolute atomic E-state index is 0.106. The van der Waals surface area contributed by atoms with Gasteiger partial charge in [0.1, 0.15) is 19.3 Å². The number of rotatable bonds is 79. The molecule has 594 valence electrons. The molecule has 0 aliphatic heterocycles. The van der Waals surface area contributed by atoms with Crippen molar-refractivity contribution in [3.8, 4) is 0 Å². The van der Waals surface area contributed by atoms with Gasteiger partial charge in [-0.3, -0.25) is 37.3 Å². The van der Waals surface area contributed by atoms with Crippen LogP contribution >= 0.6 is 15.6 Å². The number of hydrogen-bond donors (Lipinski definition) is 3. The summed E-state index contributed by atoms with van der Waals surface area (Å²) in [6, 6.07) is 0. The van der Waals surface area contributed by atoms with Gasteiger partial charge in [-0.2, -0.15) is 0 Å². The van der Waals surface area contributed by atoms with Crippen molar-refractivity contribution in [2.45, 2.75) is 439 Å². The van der Waals surface area contributed by atoms with Gasteiger partial charge in [-0.1, -0.05) is 370 Å². The Labute approximate surface area is 613 Å².